The van der Waals surface area contributed by atoms with Crippen molar-refractivity contribution in [3.8, 4) is 33.4 Å². The predicted molar refractivity (Wildman–Crippen MR) is 178 cm³/mol. The van der Waals surface area contributed by atoms with Gasteiger partial charge in [-0.1, -0.05) is 128 Å². The highest BCUT2D eigenvalue weighted by Crippen LogP contribution is 2.54. The van der Waals surface area contributed by atoms with E-state index in [1.54, 1.807) is 5.56 Å². The topological polar surface area (TPSA) is 12.0 Å². The smallest absolute Gasteiger partial charge is 0.0464 e. The average Bonchev–Trinajstić information content (AvgIpc) is 3.70. The molecule has 6 aromatic carbocycles. The highest BCUT2D eigenvalue weighted by Gasteiger charge is 2.40. The van der Waals surface area contributed by atoms with Gasteiger partial charge in [-0.25, -0.2) is 0 Å². The molecule has 0 spiro atoms. The lowest BCUT2D eigenvalue weighted by Gasteiger charge is -2.24. The van der Waals surface area contributed by atoms with Crippen LogP contribution in [0.15, 0.2) is 140 Å². The Hall–Kier alpha value is -4.62. The van der Waals surface area contributed by atoms with E-state index in [9.17, 15) is 0 Å². The molecule has 2 aliphatic carbocycles. The van der Waals surface area contributed by atoms with Crippen LogP contribution in [0.1, 0.15) is 37.2 Å². The quantitative estimate of drug-likeness (QED) is 0.221. The van der Waals surface area contributed by atoms with Gasteiger partial charge in [0.25, 0.3) is 0 Å². The van der Waals surface area contributed by atoms with Crippen molar-refractivity contribution in [3.05, 3.63) is 145 Å². The first-order valence-electron chi connectivity index (χ1n) is 15.4. The van der Waals surface area contributed by atoms with Gasteiger partial charge in [-0.3, -0.25) is 0 Å². The monoisotopic (exact) mass is 541 g/mol. The third-order valence-corrected chi connectivity index (χ3v) is 9.78. The number of nitrogens with one attached hydrogen (secondary N) is 1. The van der Waals surface area contributed by atoms with Crippen LogP contribution in [0, 0.1) is 11.8 Å². The fourth-order valence-corrected chi connectivity index (χ4v) is 7.86. The van der Waals surface area contributed by atoms with Crippen molar-refractivity contribution in [2.45, 2.75) is 31.6 Å². The summed E-state index contributed by atoms with van der Waals surface area (Å²) in [5, 5.41) is 6.59. The van der Waals surface area contributed by atoms with Gasteiger partial charge in [-0.15, -0.1) is 0 Å². The number of rotatable bonds is 6. The highest BCUT2D eigenvalue weighted by molar-refractivity contribution is 5.99. The van der Waals surface area contributed by atoms with Crippen molar-refractivity contribution >= 4 is 22.1 Å². The maximum Gasteiger partial charge on any atom is 0.0464 e. The summed E-state index contributed by atoms with van der Waals surface area (Å²) in [6, 6.07) is 50.8. The van der Waals surface area contributed by atoms with E-state index in [4.69, 9.17) is 0 Å². The Morgan fingerprint density at radius 2 is 1.19 bits per heavy atom. The predicted octanol–water partition coefficient (Wildman–Crippen LogP) is 11.5. The zero-order valence-corrected chi connectivity index (χ0v) is 23.8. The molecule has 0 amide bonds. The largest absolute Gasteiger partial charge is 0.355 e. The molecule has 0 aromatic heterocycles. The summed E-state index contributed by atoms with van der Waals surface area (Å²) in [4.78, 5) is 0. The molecule has 0 radical (unpaired) electrons. The molecule has 42 heavy (non-hydrogen) atoms. The maximum absolute atomic E-state index is 3.78. The van der Waals surface area contributed by atoms with Crippen molar-refractivity contribution in [1.82, 2.24) is 0 Å². The second-order valence-electron chi connectivity index (χ2n) is 12.2. The lowest BCUT2D eigenvalue weighted by atomic mass is 9.80. The maximum atomic E-state index is 3.78. The molecule has 0 saturated heterocycles. The fraction of sp³-hybridized carbons (Fsp3) is 0.171. The van der Waals surface area contributed by atoms with E-state index >= 15 is 0 Å². The van der Waals surface area contributed by atoms with Gasteiger partial charge in [-0.05, 0) is 99.4 Å². The summed E-state index contributed by atoms with van der Waals surface area (Å²) in [5.74, 6) is 2.55. The van der Waals surface area contributed by atoms with Crippen LogP contribution >= 0.6 is 0 Å². The fourth-order valence-electron chi connectivity index (χ4n) is 7.86. The Balaban J connectivity index is 1.16. The highest BCUT2D eigenvalue weighted by atomic mass is 14.9. The Morgan fingerprint density at radius 3 is 2.00 bits per heavy atom. The van der Waals surface area contributed by atoms with Gasteiger partial charge in [0.1, 0.15) is 0 Å². The third kappa shape index (κ3) is 4.50. The van der Waals surface area contributed by atoms with Gasteiger partial charge < -0.3 is 5.32 Å². The zero-order chi connectivity index (χ0) is 27.9. The Labute approximate surface area is 248 Å². The molecule has 1 nitrogen and oxygen atoms in total. The van der Waals surface area contributed by atoms with Crippen LogP contribution in [0.25, 0.3) is 44.2 Å². The molecule has 3 unspecified atom stereocenters. The molecule has 204 valence electrons. The molecule has 2 aliphatic rings. The summed E-state index contributed by atoms with van der Waals surface area (Å²) >= 11 is 0. The van der Waals surface area contributed by atoms with E-state index in [1.807, 2.05) is 0 Å². The van der Waals surface area contributed by atoms with E-state index in [-0.39, 0.29) is 0 Å². The van der Waals surface area contributed by atoms with E-state index in [0.29, 0.717) is 0 Å². The van der Waals surface area contributed by atoms with Gasteiger partial charge in [0, 0.05) is 16.9 Å². The van der Waals surface area contributed by atoms with Crippen molar-refractivity contribution < 1.29 is 0 Å². The van der Waals surface area contributed by atoms with Gasteiger partial charge in [0.05, 0.1) is 0 Å². The first-order chi connectivity index (χ1) is 20.8. The normalized spacial score (nSPS) is 19.3. The number of hydrogen-bond donors (Lipinski definition) is 1. The van der Waals surface area contributed by atoms with Crippen molar-refractivity contribution in [3.63, 3.8) is 0 Å². The molecule has 2 saturated carbocycles. The Bertz CT molecular complexity index is 1890. The van der Waals surface area contributed by atoms with Crippen LogP contribution in [-0.4, -0.2) is 0 Å². The number of para-hydroxylation sites is 1. The number of anilines is 2. The van der Waals surface area contributed by atoms with E-state index < -0.39 is 0 Å². The lowest BCUT2D eigenvalue weighted by Crippen LogP contribution is -2.09. The van der Waals surface area contributed by atoms with Crippen LogP contribution in [0.2, 0.25) is 0 Å². The van der Waals surface area contributed by atoms with Crippen molar-refractivity contribution in [2.75, 3.05) is 5.32 Å². The van der Waals surface area contributed by atoms with Crippen LogP contribution in [0.4, 0.5) is 11.4 Å². The van der Waals surface area contributed by atoms with E-state index in [2.05, 4.69) is 145 Å². The summed E-state index contributed by atoms with van der Waals surface area (Å²) in [6.07, 6.45) is 5.67. The second kappa shape index (κ2) is 10.7. The molecule has 1 heteroatoms. The van der Waals surface area contributed by atoms with E-state index in [1.165, 1.54) is 69.8 Å². The van der Waals surface area contributed by atoms with Crippen LogP contribution in [0.5, 0.6) is 0 Å². The molecule has 2 fully saturated rings. The van der Waals surface area contributed by atoms with Gasteiger partial charge in [0.15, 0.2) is 0 Å². The zero-order valence-electron chi connectivity index (χ0n) is 23.8. The number of fused-ring (bicyclic) bond motifs is 3. The third-order valence-electron chi connectivity index (χ3n) is 9.78. The number of benzene rings is 6. The first-order valence-corrected chi connectivity index (χ1v) is 15.4. The minimum atomic E-state index is 0.728. The van der Waals surface area contributed by atoms with Crippen LogP contribution < -0.4 is 5.32 Å². The molecule has 8 rings (SSSR count). The van der Waals surface area contributed by atoms with Crippen molar-refractivity contribution in [2.24, 2.45) is 11.8 Å². The SMILES string of the molecule is c1ccc(-c2ccccc2-c2ccccc2Nc2cccc(-c3ccc(C4CC5CCC4C5)c4ccccc34)c2)cc1. The van der Waals surface area contributed by atoms with Gasteiger partial charge >= 0.3 is 0 Å². The molecular formula is C41H35N. The Morgan fingerprint density at radius 1 is 0.476 bits per heavy atom. The summed E-state index contributed by atoms with van der Waals surface area (Å²) in [6.45, 7) is 0. The van der Waals surface area contributed by atoms with Gasteiger partial charge in [-0.2, -0.15) is 0 Å². The summed E-state index contributed by atoms with van der Waals surface area (Å²) in [5.41, 5.74) is 11.2. The molecule has 0 aliphatic heterocycles. The van der Waals surface area contributed by atoms with E-state index in [0.717, 1.165) is 29.1 Å². The average molecular weight is 542 g/mol. The molecule has 2 bridgehead atoms. The van der Waals surface area contributed by atoms with Gasteiger partial charge in [0.2, 0.25) is 0 Å². The minimum absolute atomic E-state index is 0.728. The molecule has 6 aromatic rings. The molecule has 3 atom stereocenters. The molecule has 1 N–H and O–H groups in total. The molecular weight excluding hydrogens is 506 g/mol. The first kappa shape index (κ1) is 25.1. The number of hydrogen-bond acceptors (Lipinski definition) is 1. The Kier molecular flexibility index (Phi) is 6.37. The standard InChI is InChI=1S/C41H35N/c1-2-11-29(12-3-1)33-15-4-5-17-36(33)39-19-8-9-20-41(39)42-32-14-10-13-30(27-32)34-23-24-38(37-18-7-6-16-35(34)37)40-26-28-21-22-31(40)25-28/h1-20,23-24,27-28,31,40,42H,21-22,25-26H2. The second-order valence-corrected chi connectivity index (χ2v) is 12.2. The van der Waals surface area contributed by atoms with Crippen LogP contribution in [0.3, 0.4) is 0 Å². The summed E-state index contributed by atoms with van der Waals surface area (Å²) in [7, 11) is 0. The molecule has 0 heterocycles. The summed E-state index contributed by atoms with van der Waals surface area (Å²) < 4.78 is 0. The van der Waals surface area contributed by atoms with Crippen LogP contribution in [-0.2, 0) is 0 Å². The lowest BCUT2D eigenvalue weighted by molar-refractivity contribution is 0.422. The van der Waals surface area contributed by atoms with Crippen molar-refractivity contribution in [1.29, 1.82) is 0 Å². The minimum Gasteiger partial charge on any atom is -0.355 e.